The Morgan fingerprint density at radius 3 is 2.64 bits per heavy atom. The molecule has 0 bridgehead atoms. The number of fused-ring (bicyclic) bond motifs is 1. The Morgan fingerprint density at radius 1 is 1.03 bits per heavy atom. The Balaban J connectivity index is 1.30. The summed E-state index contributed by atoms with van der Waals surface area (Å²) in [6.45, 7) is 4.67. The number of hydrogen-bond acceptors (Lipinski definition) is 5. The predicted octanol–water partition coefficient (Wildman–Crippen LogP) is 3.74. The highest BCUT2D eigenvalue weighted by Crippen LogP contribution is 2.28. The number of anilines is 1. The van der Waals surface area contributed by atoms with Gasteiger partial charge in [-0.15, -0.1) is 6.42 Å². The molecule has 170 valence electrons. The van der Waals surface area contributed by atoms with Crippen molar-refractivity contribution in [1.82, 2.24) is 25.0 Å². The second-order valence-corrected chi connectivity index (χ2v) is 9.01. The van der Waals surface area contributed by atoms with E-state index < -0.39 is 0 Å². The Bertz CT molecular complexity index is 1160. The van der Waals surface area contributed by atoms with Gasteiger partial charge in [0.15, 0.2) is 0 Å². The van der Waals surface area contributed by atoms with Crippen LogP contribution < -0.4 is 10.2 Å². The summed E-state index contributed by atoms with van der Waals surface area (Å²) in [6.07, 6.45) is 16.6. The standard InChI is InChI=1S/C26H30N6O/c1-2-10-30-13-8-23(9-14-30)29-26(33)32-25-7-6-20(15-22(25)18-28-32)21-16-24(19-27-17-21)31-11-4-3-5-12-31/h1,6-7,15-19,23H,3-5,8-14H2,(H,29,33). The molecule has 5 rings (SSSR count). The monoisotopic (exact) mass is 442 g/mol. The van der Waals surface area contributed by atoms with Crippen LogP contribution in [0.2, 0.25) is 0 Å². The molecular formula is C26H30N6O. The predicted molar refractivity (Wildman–Crippen MR) is 131 cm³/mol. The van der Waals surface area contributed by atoms with E-state index in [0.717, 1.165) is 61.1 Å². The number of nitrogens with one attached hydrogen (secondary N) is 1. The first-order chi connectivity index (χ1) is 16.2. The summed E-state index contributed by atoms with van der Waals surface area (Å²) in [5.74, 6) is 2.69. The topological polar surface area (TPSA) is 66.3 Å². The van der Waals surface area contributed by atoms with Crippen molar-refractivity contribution in [2.75, 3.05) is 37.6 Å². The first-order valence-electron chi connectivity index (χ1n) is 11.9. The highest BCUT2D eigenvalue weighted by Gasteiger charge is 2.22. The van der Waals surface area contributed by atoms with Gasteiger partial charge in [-0.25, -0.2) is 4.79 Å². The summed E-state index contributed by atoms with van der Waals surface area (Å²) in [6, 6.07) is 8.28. The summed E-state index contributed by atoms with van der Waals surface area (Å²) < 4.78 is 1.47. The number of hydrogen-bond donors (Lipinski definition) is 1. The molecule has 33 heavy (non-hydrogen) atoms. The van der Waals surface area contributed by atoms with Gasteiger partial charge in [0, 0.05) is 49.4 Å². The average Bonchev–Trinajstić information content (AvgIpc) is 3.30. The van der Waals surface area contributed by atoms with Gasteiger partial charge < -0.3 is 10.2 Å². The van der Waals surface area contributed by atoms with E-state index in [9.17, 15) is 4.79 Å². The smallest absolute Gasteiger partial charge is 0.342 e. The summed E-state index contributed by atoms with van der Waals surface area (Å²) in [5.41, 5.74) is 4.14. The minimum atomic E-state index is -0.179. The third kappa shape index (κ3) is 4.71. The maximum absolute atomic E-state index is 12.9. The summed E-state index contributed by atoms with van der Waals surface area (Å²) in [4.78, 5) is 22.0. The van der Waals surface area contributed by atoms with E-state index >= 15 is 0 Å². The van der Waals surface area contributed by atoms with Crippen LogP contribution in [-0.4, -0.2) is 64.5 Å². The second-order valence-electron chi connectivity index (χ2n) is 9.01. The van der Waals surface area contributed by atoms with Crippen molar-refractivity contribution in [2.24, 2.45) is 0 Å². The molecule has 0 unspecified atom stereocenters. The van der Waals surface area contributed by atoms with E-state index in [1.54, 1.807) is 6.20 Å². The van der Waals surface area contributed by atoms with E-state index in [2.05, 4.69) is 43.3 Å². The fourth-order valence-corrected chi connectivity index (χ4v) is 4.89. The van der Waals surface area contributed by atoms with Crippen LogP contribution in [-0.2, 0) is 0 Å². The molecule has 0 saturated carbocycles. The van der Waals surface area contributed by atoms with Crippen molar-refractivity contribution in [3.8, 4) is 23.5 Å². The van der Waals surface area contributed by atoms with Gasteiger partial charge in [0.05, 0.1) is 30.1 Å². The molecular weight excluding hydrogens is 412 g/mol. The highest BCUT2D eigenvalue weighted by atomic mass is 16.2. The highest BCUT2D eigenvalue weighted by molar-refractivity contribution is 5.92. The molecule has 3 aromatic rings. The number of rotatable bonds is 4. The molecule has 1 aromatic carbocycles. The number of nitrogens with zero attached hydrogens (tertiary/aromatic N) is 5. The largest absolute Gasteiger partial charge is 0.370 e. The third-order valence-electron chi connectivity index (χ3n) is 6.77. The Kier molecular flexibility index (Phi) is 6.27. The molecule has 7 heteroatoms. The average molecular weight is 443 g/mol. The number of amides is 1. The minimum Gasteiger partial charge on any atom is -0.370 e. The van der Waals surface area contributed by atoms with Crippen molar-refractivity contribution >= 4 is 22.6 Å². The molecule has 4 heterocycles. The summed E-state index contributed by atoms with van der Waals surface area (Å²) in [7, 11) is 0. The van der Waals surface area contributed by atoms with Crippen LogP contribution >= 0.6 is 0 Å². The van der Waals surface area contributed by atoms with Crippen LogP contribution in [0, 0.1) is 12.3 Å². The van der Waals surface area contributed by atoms with Gasteiger partial charge >= 0.3 is 6.03 Å². The number of piperidine rings is 2. The minimum absolute atomic E-state index is 0.147. The van der Waals surface area contributed by atoms with E-state index in [0.29, 0.717) is 6.54 Å². The Hall–Kier alpha value is -3.37. The van der Waals surface area contributed by atoms with Gasteiger partial charge in [-0.05, 0) is 55.9 Å². The van der Waals surface area contributed by atoms with Crippen molar-refractivity contribution in [1.29, 1.82) is 0 Å². The zero-order valence-corrected chi connectivity index (χ0v) is 18.9. The van der Waals surface area contributed by atoms with Crippen molar-refractivity contribution < 1.29 is 4.79 Å². The first kappa shape index (κ1) is 21.5. The number of carbonyl (C=O) groups is 1. The van der Waals surface area contributed by atoms with Crippen molar-refractivity contribution in [2.45, 2.75) is 38.1 Å². The van der Waals surface area contributed by atoms with E-state index in [1.807, 2.05) is 24.5 Å². The molecule has 2 aliphatic rings. The third-order valence-corrected chi connectivity index (χ3v) is 6.77. The molecule has 7 nitrogen and oxygen atoms in total. The lowest BCUT2D eigenvalue weighted by molar-refractivity contribution is 0.205. The lowest BCUT2D eigenvalue weighted by atomic mass is 10.0. The zero-order chi connectivity index (χ0) is 22.6. The van der Waals surface area contributed by atoms with Crippen LogP contribution in [0.25, 0.3) is 22.0 Å². The number of likely N-dealkylation sites (tertiary alicyclic amines) is 1. The molecule has 2 aromatic heterocycles. The molecule has 0 aliphatic carbocycles. The number of pyridine rings is 1. The first-order valence-corrected chi connectivity index (χ1v) is 11.9. The van der Waals surface area contributed by atoms with Gasteiger partial charge in [-0.3, -0.25) is 9.88 Å². The van der Waals surface area contributed by atoms with Crippen LogP contribution in [0.1, 0.15) is 32.1 Å². The molecule has 1 amide bonds. The van der Waals surface area contributed by atoms with Crippen LogP contribution in [0.15, 0.2) is 42.9 Å². The van der Waals surface area contributed by atoms with Gasteiger partial charge in [0.2, 0.25) is 0 Å². The molecule has 2 fully saturated rings. The maximum atomic E-state index is 12.9. The van der Waals surface area contributed by atoms with Crippen LogP contribution in [0.5, 0.6) is 0 Å². The van der Waals surface area contributed by atoms with Crippen LogP contribution in [0.4, 0.5) is 10.5 Å². The fourth-order valence-electron chi connectivity index (χ4n) is 4.89. The Labute approximate surface area is 194 Å². The number of benzene rings is 1. The molecule has 0 spiro atoms. The lowest BCUT2D eigenvalue weighted by Gasteiger charge is -2.30. The van der Waals surface area contributed by atoms with Gasteiger partial charge in [0.1, 0.15) is 0 Å². The van der Waals surface area contributed by atoms with Crippen molar-refractivity contribution in [3.63, 3.8) is 0 Å². The number of terminal acetylenes is 1. The normalized spacial score (nSPS) is 17.7. The zero-order valence-electron chi connectivity index (χ0n) is 18.9. The molecule has 1 N–H and O–H groups in total. The van der Waals surface area contributed by atoms with E-state index in [-0.39, 0.29) is 12.1 Å². The quantitative estimate of drug-likeness (QED) is 0.624. The van der Waals surface area contributed by atoms with Crippen LogP contribution in [0.3, 0.4) is 0 Å². The van der Waals surface area contributed by atoms with E-state index in [1.165, 1.54) is 29.6 Å². The number of aromatic nitrogens is 3. The maximum Gasteiger partial charge on any atom is 0.342 e. The molecule has 0 radical (unpaired) electrons. The summed E-state index contributed by atoms with van der Waals surface area (Å²) >= 11 is 0. The molecule has 2 saturated heterocycles. The van der Waals surface area contributed by atoms with E-state index in [4.69, 9.17) is 6.42 Å². The van der Waals surface area contributed by atoms with Crippen molar-refractivity contribution in [3.05, 3.63) is 42.9 Å². The molecule has 0 atom stereocenters. The lowest BCUT2D eigenvalue weighted by Crippen LogP contribution is -2.46. The van der Waals surface area contributed by atoms with Gasteiger partial charge in [-0.2, -0.15) is 9.78 Å². The summed E-state index contributed by atoms with van der Waals surface area (Å²) in [5, 5.41) is 8.45. The van der Waals surface area contributed by atoms with Gasteiger partial charge in [0.25, 0.3) is 0 Å². The second kappa shape index (κ2) is 9.63. The SMILES string of the molecule is C#CCN1CCC(NC(=O)n2ncc3cc(-c4cncc(N5CCCCC5)c4)ccc32)CC1. The van der Waals surface area contributed by atoms with Gasteiger partial charge in [-0.1, -0.05) is 12.0 Å². The molecule has 2 aliphatic heterocycles. The number of carbonyl (C=O) groups excluding carboxylic acids is 1. The Morgan fingerprint density at radius 2 is 1.85 bits per heavy atom. The fraction of sp³-hybridized carbons (Fsp3) is 0.423.